The van der Waals surface area contributed by atoms with Crippen LogP contribution in [-0.2, 0) is 6.54 Å². The van der Waals surface area contributed by atoms with Gasteiger partial charge in [-0.25, -0.2) is 9.97 Å². The van der Waals surface area contributed by atoms with Crippen molar-refractivity contribution < 1.29 is 9.15 Å². The minimum Gasteiger partial charge on any atom is -0.497 e. The summed E-state index contributed by atoms with van der Waals surface area (Å²) < 4.78 is 11.3. The third-order valence-corrected chi connectivity index (χ3v) is 5.65. The number of fused-ring (bicyclic) bond motifs is 2. The molecule has 28 heavy (non-hydrogen) atoms. The third-order valence-electron chi connectivity index (χ3n) is 5.65. The second-order valence-electron chi connectivity index (χ2n) is 7.45. The van der Waals surface area contributed by atoms with Gasteiger partial charge in [0, 0.05) is 28.6 Å². The predicted molar refractivity (Wildman–Crippen MR) is 110 cm³/mol. The molecule has 1 saturated heterocycles. The van der Waals surface area contributed by atoms with Crippen molar-refractivity contribution >= 4 is 22.0 Å². The number of nitrogens with zero attached hydrogens (tertiary/aromatic N) is 3. The maximum atomic E-state index is 6.01. The molecule has 0 bridgehead atoms. The second-order valence-corrected chi connectivity index (χ2v) is 7.45. The molecule has 1 aliphatic heterocycles. The zero-order valence-corrected chi connectivity index (χ0v) is 16.0. The van der Waals surface area contributed by atoms with Crippen LogP contribution in [0.5, 0.6) is 5.75 Å². The number of furan rings is 1. The largest absolute Gasteiger partial charge is 0.497 e. The van der Waals surface area contributed by atoms with Crippen molar-refractivity contribution in [2.75, 3.05) is 20.2 Å². The Morgan fingerprint density at radius 1 is 1.07 bits per heavy atom. The molecule has 0 unspecified atom stereocenters. The van der Waals surface area contributed by atoms with Crippen molar-refractivity contribution in [1.82, 2.24) is 14.9 Å². The van der Waals surface area contributed by atoms with Crippen LogP contribution in [0.3, 0.4) is 0 Å². The van der Waals surface area contributed by atoms with E-state index in [-0.39, 0.29) is 0 Å². The molecule has 0 atom stereocenters. The van der Waals surface area contributed by atoms with Crippen LogP contribution in [0.1, 0.15) is 30.2 Å². The Morgan fingerprint density at radius 2 is 1.96 bits per heavy atom. The highest BCUT2D eigenvalue weighted by Gasteiger charge is 2.22. The number of ether oxygens (including phenoxy) is 1. The summed E-state index contributed by atoms with van der Waals surface area (Å²) in [4.78, 5) is 11.7. The number of hydrogen-bond donors (Lipinski definition) is 0. The molecule has 4 aromatic rings. The summed E-state index contributed by atoms with van der Waals surface area (Å²) in [5, 5.41) is 2.20. The van der Waals surface area contributed by atoms with E-state index in [1.807, 2.05) is 30.5 Å². The van der Waals surface area contributed by atoms with Crippen molar-refractivity contribution in [1.29, 1.82) is 0 Å². The SMILES string of the molecule is COc1ccc2oc(CN3CCC(c4ccc5cccnc5n4)CC3)cc2c1. The van der Waals surface area contributed by atoms with Crippen LogP contribution in [0.2, 0.25) is 0 Å². The predicted octanol–water partition coefficient (Wildman–Crippen LogP) is 4.76. The van der Waals surface area contributed by atoms with Crippen molar-refractivity contribution in [3.63, 3.8) is 0 Å². The lowest BCUT2D eigenvalue weighted by molar-refractivity contribution is 0.191. The lowest BCUT2D eigenvalue weighted by Gasteiger charge is -2.31. The molecular formula is C23H23N3O2. The van der Waals surface area contributed by atoms with E-state index in [1.165, 1.54) is 5.69 Å². The highest BCUT2D eigenvalue weighted by atomic mass is 16.5. The molecule has 142 valence electrons. The fourth-order valence-electron chi connectivity index (χ4n) is 4.08. The molecule has 5 nitrogen and oxygen atoms in total. The van der Waals surface area contributed by atoms with Crippen LogP contribution in [-0.4, -0.2) is 35.1 Å². The highest BCUT2D eigenvalue weighted by Crippen LogP contribution is 2.30. The van der Waals surface area contributed by atoms with E-state index in [0.29, 0.717) is 5.92 Å². The summed E-state index contributed by atoms with van der Waals surface area (Å²) in [7, 11) is 1.69. The molecule has 4 heterocycles. The first kappa shape index (κ1) is 17.2. The fourth-order valence-corrected chi connectivity index (χ4v) is 4.08. The molecule has 0 spiro atoms. The number of piperidine rings is 1. The number of hydrogen-bond acceptors (Lipinski definition) is 5. The lowest BCUT2D eigenvalue weighted by Crippen LogP contribution is -2.32. The van der Waals surface area contributed by atoms with Crippen LogP contribution in [0.25, 0.3) is 22.0 Å². The van der Waals surface area contributed by atoms with Crippen molar-refractivity contribution in [2.45, 2.75) is 25.3 Å². The van der Waals surface area contributed by atoms with E-state index in [9.17, 15) is 0 Å². The van der Waals surface area contributed by atoms with Crippen molar-refractivity contribution in [3.05, 3.63) is 66.2 Å². The van der Waals surface area contributed by atoms with Crippen LogP contribution in [0, 0.1) is 0 Å². The van der Waals surface area contributed by atoms with E-state index in [1.54, 1.807) is 7.11 Å². The Morgan fingerprint density at radius 3 is 2.82 bits per heavy atom. The number of pyridine rings is 2. The van der Waals surface area contributed by atoms with E-state index >= 15 is 0 Å². The molecule has 0 saturated carbocycles. The number of benzene rings is 1. The first-order chi connectivity index (χ1) is 13.8. The molecule has 0 radical (unpaired) electrons. The number of methoxy groups -OCH3 is 1. The maximum Gasteiger partial charge on any atom is 0.159 e. The summed E-state index contributed by atoms with van der Waals surface area (Å²) >= 11 is 0. The monoisotopic (exact) mass is 373 g/mol. The lowest BCUT2D eigenvalue weighted by atomic mass is 9.93. The minimum atomic E-state index is 0.502. The van der Waals surface area contributed by atoms with Gasteiger partial charge in [0.1, 0.15) is 17.1 Å². The summed E-state index contributed by atoms with van der Waals surface area (Å²) in [6, 6.07) is 16.4. The van der Waals surface area contributed by atoms with E-state index in [0.717, 1.165) is 66.0 Å². The molecule has 0 amide bonds. The Kier molecular flexibility index (Phi) is 4.45. The number of likely N-dealkylation sites (tertiary alicyclic amines) is 1. The smallest absolute Gasteiger partial charge is 0.159 e. The topological polar surface area (TPSA) is 51.4 Å². The first-order valence-electron chi connectivity index (χ1n) is 9.79. The number of aromatic nitrogens is 2. The molecule has 1 fully saturated rings. The summed E-state index contributed by atoms with van der Waals surface area (Å²) in [5.74, 6) is 2.37. The van der Waals surface area contributed by atoms with Gasteiger partial charge >= 0.3 is 0 Å². The highest BCUT2D eigenvalue weighted by molar-refractivity contribution is 5.79. The van der Waals surface area contributed by atoms with E-state index < -0.39 is 0 Å². The average Bonchev–Trinajstić information content (AvgIpc) is 3.15. The zero-order chi connectivity index (χ0) is 18.9. The van der Waals surface area contributed by atoms with Crippen molar-refractivity contribution in [2.24, 2.45) is 0 Å². The normalized spacial score (nSPS) is 16.0. The Labute approximate surface area is 164 Å². The second kappa shape index (κ2) is 7.24. The van der Waals surface area contributed by atoms with E-state index in [4.69, 9.17) is 14.1 Å². The van der Waals surface area contributed by atoms with Crippen LogP contribution in [0.4, 0.5) is 0 Å². The maximum absolute atomic E-state index is 6.01. The minimum absolute atomic E-state index is 0.502. The first-order valence-corrected chi connectivity index (χ1v) is 9.79. The molecule has 5 rings (SSSR count). The van der Waals surface area contributed by atoms with E-state index in [2.05, 4.69) is 34.1 Å². The third kappa shape index (κ3) is 3.34. The molecule has 0 aliphatic carbocycles. The summed E-state index contributed by atoms with van der Waals surface area (Å²) in [6.45, 7) is 2.94. The Bertz CT molecular complexity index is 1110. The average molecular weight is 373 g/mol. The molecule has 0 N–H and O–H groups in total. The van der Waals surface area contributed by atoms with Gasteiger partial charge in [0.2, 0.25) is 0 Å². The summed E-state index contributed by atoms with van der Waals surface area (Å²) in [6.07, 6.45) is 4.03. The Hall–Kier alpha value is -2.92. The molecule has 3 aromatic heterocycles. The van der Waals surface area contributed by atoms with Gasteiger partial charge in [-0.2, -0.15) is 0 Å². The van der Waals surface area contributed by atoms with Crippen LogP contribution >= 0.6 is 0 Å². The van der Waals surface area contributed by atoms with Gasteiger partial charge in [-0.3, -0.25) is 4.90 Å². The van der Waals surface area contributed by atoms with Gasteiger partial charge in [-0.15, -0.1) is 0 Å². The van der Waals surface area contributed by atoms with Gasteiger partial charge in [0.15, 0.2) is 5.65 Å². The van der Waals surface area contributed by atoms with Crippen molar-refractivity contribution in [3.8, 4) is 5.75 Å². The zero-order valence-electron chi connectivity index (χ0n) is 16.0. The van der Waals surface area contributed by atoms with Crippen LogP contribution < -0.4 is 4.74 Å². The summed E-state index contributed by atoms with van der Waals surface area (Å²) in [5.41, 5.74) is 2.93. The fraction of sp³-hybridized carbons (Fsp3) is 0.304. The molecular weight excluding hydrogens is 350 g/mol. The molecule has 1 aromatic carbocycles. The standard InChI is InChI=1S/C23H23N3O2/c1-27-19-5-7-22-18(13-19)14-20(28-22)15-26-11-8-16(9-12-26)21-6-4-17-3-2-10-24-23(17)25-21/h2-7,10,13-14,16H,8-9,11-12,15H2,1H3. The molecule has 1 aliphatic rings. The Balaban J connectivity index is 1.25. The van der Waals surface area contributed by atoms with Gasteiger partial charge in [0.25, 0.3) is 0 Å². The number of rotatable bonds is 4. The van der Waals surface area contributed by atoms with Gasteiger partial charge in [-0.05, 0) is 74.5 Å². The van der Waals surface area contributed by atoms with Gasteiger partial charge in [-0.1, -0.05) is 0 Å². The molecule has 5 heteroatoms. The van der Waals surface area contributed by atoms with Gasteiger partial charge in [0.05, 0.1) is 13.7 Å². The quantitative estimate of drug-likeness (QED) is 0.516. The van der Waals surface area contributed by atoms with Crippen LogP contribution in [0.15, 0.2) is 59.1 Å². The van der Waals surface area contributed by atoms with Gasteiger partial charge < -0.3 is 9.15 Å².